The average Bonchev–Trinajstić information content (AvgIpc) is 2.96. The standard InChI is InChI=1S/C20H18ClN3O3/c1-13-6-5-7-14(2)19(13)23-17(25)12-27-18(26)10-9-15-20(21)22-16-8-3-4-11-24(15)16/h3-11H,12H2,1-2H3,(H,23,25)/b10-9+. The number of esters is 1. The largest absolute Gasteiger partial charge is 0.452 e. The van der Waals surface area contributed by atoms with Crippen LogP contribution in [0.2, 0.25) is 5.15 Å². The van der Waals surface area contributed by atoms with Crippen LogP contribution in [0.15, 0.2) is 48.7 Å². The molecule has 7 heteroatoms. The van der Waals surface area contributed by atoms with E-state index in [4.69, 9.17) is 16.3 Å². The number of para-hydroxylation sites is 1. The zero-order chi connectivity index (χ0) is 19.4. The molecule has 0 atom stereocenters. The molecule has 2 aromatic heterocycles. The first-order valence-electron chi connectivity index (χ1n) is 8.29. The summed E-state index contributed by atoms with van der Waals surface area (Å²) in [5.74, 6) is -1.05. The van der Waals surface area contributed by atoms with Crippen molar-refractivity contribution < 1.29 is 14.3 Å². The van der Waals surface area contributed by atoms with E-state index in [2.05, 4.69) is 10.3 Å². The molecule has 1 N–H and O–H groups in total. The number of halogens is 1. The number of amides is 1. The SMILES string of the molecule is Cc1cccc(C)c1NC(=O)COC(=O)/C=C/c1c(Cl)nc2ccccn12. The Labute approximate surface area is 161 Å². The number of hydrogen-bond acceptors (Lipinski definition) is 4. The van der Waals surface area contributed by atoms with Gasteiger partial charge in [-0.1, -0.05) is 35.9 Å². The molecule has 0 saturated carbocycles. The molecule has 27 heavy (non-hydrogen) atoms. The predicted molar refractivity (Wildman–Crippen MR) is 105 cm³/mol. The van der Waals surface area contributed by atoms with Crippen molar-refractivity contribution in [3.63, 3.8) is 0 Å². The molecule has 3 rings (SSSR count). The lowest BCUT2D eigenvalue weighted by Gasteiger charge is -2.11. The number of pyridine rings is 1. The van der Waals surface area contributed by atoms with Gasteiger partial charge in [-0.3, -0.25) is 9.20 Å². The number of aryl methyl sites for hydroxylation is 2. The fourth-order valence-electron chi connectivity index (χ4n) is 2.65. The Hall–Kier alpha value is -3.12. The van der Waals surface area contributed by atoms with E-state index in [0.717, 1.165) is 16.8 Å². The Bertz CT molecular complexity index is 1020. The summed E-state index contributed by atoms with van der Waals surface area (Å²) in [4.78, 5) is 28.1. The van der Waals surface area contributed by atoms with E-state index < -0.39 is 11.9 Å². The summed E-state index contributed by atoms with van der Waals surface area (Å²) in [7, 11) is 0. The molecule has 0 bridgehead atoms. The van der Waals surface area contributed by atoms with Crippen LogP contribution in [0.25, 0.3) is 11.7 Å². The van der Waals surface area contributed by atoms with Gasteiger partial charge in [0.2, 0.25) is 0 Å². The van der Waals surface area contributed by atoms with E-state index in [9.17, 15) is 9.59 Å². The minimum Gasteiger partial charge on any atom is -0.452 e. The minimum atomic E-state index is -0.645. The third kappa shape index (κ3) is 4.35. The summed E-state index contributed by atoms with van der Waals surface area (Å²) >= 11 is 6.10. The van der Waals surface area contributed by atoms with Crippen molar-refractivity contribution >= 4 is 40.9 Å². The van der Waals surface area contributed by atoms with Crippen LogP contribution in [0.3, 0.4) is 0 Å². The number of carbonyl (C=O) groups is 2. The van der Waals surface area contributed by atoms with Crippen LogP contribution in [0.1, 0.15) is 16.8 Å². The molecular weight excluding hydrogens is 366 g/mol. The van der Waals surface area contributed by atoms with Gasteiger partial charge in [0.1, 0.15) is 5.65 Å². The number of aromatic nitrogens is 2. The molecule has 2 heterocycles. The number of benzene rings is 1. The molecule has 138 valence electrons. The second kappa shape index (κ2) is 8.05. The summed E-state index contributed by atoms with van der Waals surface area (Å²) in [5, 5.41) is 3.04. The van der Waals surface area contributed by atoms with Crippen molar-refractivity contribution in [2.45, 2.75) is 13.8 Å². The Balaban J connectivity index is 1.60. The first kappa shape index (κ1) is 18.7. The van der Waals surface area contributed by atoms with Crippen LogP contribution < -0.4 is 5.32 Å². The third-order valence-corrected chi connectivity index (χ3v) is 4.27. The van der Waals surface area contributed by atoms with Crippen molar-refractivity contribution in [3.05, 3.63) is 70.6 Å². The van der Waals surface area contributed by atoms with Crippen molar-refractivity contribution in [3.8, 4) is 0 Å². The molecule has 0 unspecified atom stereocenters. The number of rotatable bonds is 5. The fraction of sp³-hybridized carbons (Fsp3) is 0.150. The van der Waals surface area contributed by atoms with E-state index in [1.165, 1.54) is 12.2 Å². The van der Waals surface area contributed by atoms with E-state index in [0.29, 0.717) is 11.3 Å². The quantitative estimate of drug-likeness (QED) is 0.537. The molecule has 6 nitrogen and oxygen atoms in total. The smallest absolute Gasteiger partial charge is 0.331 e. The number of nitrogens with one attached hydrogen (secondary N) is 1. The van der Waals surface area contributed by atoms with Crippen LogP contribution in [0.5, 0.6) is 0 Å². The van der Waals surface area contributed by atoms with E-state index in [-0.39, 0.29) is 11.8 Å². The highest BCUT2D eigenvalue weighted by Gasteiger charge is 2.10. The number of nitrogens with zero attached hydrogens (tertiary/aromatic N) is 2. The summed E-state index contributed by atoms with van der Waals surface area (Å²) in [6.45, 7) is 3.42. The van der Waals surface area contributed by atoms with Crippen LogP contribution in [-0.2, 0) is 14.3 Å². The highest BCUT2D eigenvalue weighted by Crippen LogP contribution is 2.20. The van der Waals surface area contributed by atoms with Crippen LogP contribution in [0, 0.1) is 13.8 Å². The Morgan fingerprint density at radius 3 is 2.67 bits per heavy atom. The average molecular weight is 384 g/mol. The van der Waals surface area contributed by atoms with Crippen LogP contribution in [0.4, 0.5) is 5.69 Å². The molecule has 1 aromatic carbocycles. The number of carbonyl (C=O) groups excluding carboxylic acids is 2. The van der Waals surface area contributed by atoms with Gasteiger partial charge >= 0.3 is 5.97 Å². The molecular formula is C20H18ClN3O3. The number of imidazole rings is 1. The van der Waals surface area contributed by atoms with Gasteiger partial charge in [-0.2, -0.15) is 0 Å². The maximum absolute atomic E-state index is 12.0. The number of ether oxygens (including phenoxy) is 1. The van der Waals surface area contributed by atoms with Crippen LogP contribution >= 0.6 is 11.6 Å². The molecule has 0 aliphatic carbocycles. The Morgan fingerprint density at radius 2 is 1.93 bits per heavy atom. The lowest BCUT2D eigenvalue weighted by Crippen LogP contribution is -2.21. The molecule has 0 aliphatic heterocycles. The zero-order valence-corrected chi connectivity index (χ0v) is 15.7. The molecule has 0 spiro atoms. The van der Waals surface area contributed by atoms with Crippen molar-refractivity contribution in [2.24, 2.45) is 0 Å². The number of anilines is 1. The van der Waals surface area contributed by atoms with Gasteiger partial charge < -0.3 is 10.1 Å². The monoisotopic (exact) mass is 383 g/mol. The maximum atomic E-state index is 12.0. The highest BCUT2D eigenvalue weighted by molar-refractivity contribution is 6.31. The second-order valence-electron chi connectivity index (χ2n) is 5.97. The number of fused-ring (bicyclic) bond motifs is 1. The zero-order valence-electron chi connectivity index (χ0n) is 14.9. The minimum absolute atomic E-state index is 0.276. The Kier molecular flexibility index (Phi) is 5.57. The van der Waals surface area contributed by atoms with Crippen molar-refractivity contribution in [2.75, 3.05) is 11.9 Å². The number of hydrogen-bond donors (Lipinski definition) is 1. The van der Waals surface area contributed by atoms with Gasteiger partial charge in [-0.25, -0.2) is 9.78 Å². The second-order valence-corrected chi connectivity index (χ2v) is 6.33. The van der Waals surface area contributed by atoms with Gasteiger partial charge in [-0.15, -0.1) is 0 Å². The van der Waals surface area contributed by atoms with Crippen molar-refractivity contribution in [1.82, 2.24) is 9.38 Å². The first-order chi connectivity index (χ1) is 13.0. The molecule has 0 aliphatic rings. The van der Waals surface area contributed by atoms with Gasteiger partial charge in [0.05, 0.1) is 5.69 Å². The summed E-state index contributed by atoms with van der Waals surface area (Å²) in [6, 6.07) is 11.2. The molecule has 0 fully saturated rings. The fourth-order valence-corrected chi connectivity index (χ4v) is 2.89. The molecule has 0 saturated heterocycles. The van der Waals surface area contributed by atoms with Gasteiger partial charge in [0.15, 0.2) is 11.8 Å². The highest BCUT2D eigenvalue weighted by atomic mass is 35.5. The predicted octanol–water partition coefficient (Wildman–Crippen LogP) is 3.80. The van der Waals surface area contributed by atoms with Gasteiger partial charge in [0, 0.05) is 18.0 Å². The first-order valence-corrected chi connectivity index (χ1v) is 8.67. The van der Waals surface area contributed by atoms with Crippen LogP contribution in [-0.4, -0.2) is 27.9 Å². The normalized spacial score (nSPS) is 11.1. The topological polar surface area (TPSA) is 72.7 Å². The van der Waals surface area contributed by atoms with E-state index in [1.54, 1.807) is 16.7 Å². The van der Waals surface area contributed by atoms with E-state index in [1.807, 2.05) is 44.2 Å². The molecule has 3 aromatic rings. The summed E-state index contributed by atoms with van der Waals surface area (Å²) in [5.41, 5.74) is 3.84. The lowest BCUT2D eigenvalue weighted by molar-refractivity contribution is -0.142. The van der Waals surface area contributed by atoms with Crippen molar-refractivity contribution in [1.29, 1.82) is 0 Å². The summed E-state index contributed by atoms with van der Waals surface area (Å²) < 4.78 is 6.75. The summed E-state index contributed by atoms with van der Waals surface area (Å²) in [6.07, 6.45) is 4.51. The lowest BCUT2D eigenvalue weighted by atomic mass is 10.1. The molecule has 1 amide bonds. The van der Waals surface area contributed by atoms with E-state index >= 15 is 0 Å². The third-order valence-electron chi connectivity index (χ3n) is 3.99. The Morgan fingerprint density at radius 1 is 1.19 bits per heavy atom. The maximum Gasteiger partial charge on any atom is 0.331 e. The van der Waals surface area contributed by atoms with Gasteiger partial charge in [0.25, 0.3) is 5.91 Å². The molecule has 0 radical (unpaired) electrons. The van der Waals surface area contributed by atoms with Gasteiger partial charge in [-0.05, 0) is 43.2 Å².